The van der Waals surface area contributed by atoms with Crippen LogP contribution in [0.25, 0.3) is 0 Å². The van der Waals surface area contributed by atoms with Gasteiger partial charge in [0.1, 0.15) is 12.4 Å². The molecule has 0 bridgehead atoms. The highest BCUT2D eigenvalue weighted by Gasteiger charge is 2.38. The maximum absolute atomic E-state index is 12.1. The van der Waals surface area contributed by atoms with Gasteiger partial charge in [0, 0.05) is 6.04 Å². The summed E-state index contributed by atoms with van der Waals surface area (Å²) >= 11 is 0. The Kier molecular flexibility index (Phi) is 6.29. The largest absolute Gasteiger partial charge is 0.491 e. The van der Waals surface area contributed by atoms with Crippen LogP contribution in [0.5, 0.6) is 5.75 Å². The Bertz CT molecular complexity index is 392. The van der Waals surface area contributed by atoms with E-state index in [1.54, 1.807) is 12.1 Å². The summed E-state index contributed by atoms with van der Waals surface area (Å²) in [6.45, 7) is 4.18. The van der Waals surface area contributed by atoms with Crippen molar-refractivity contribution in [2.75, 3.05) is 13.2 Å². The standard InChI is InChI=1S/C14H20F3NO2/c1-3-18-10(2)8-11-4-6-12(7-5-11)20-9-13(19)14(15,16)17/h4-7,10,13,18-19H,3,8-9H2,1-2H3. The van der Waals surface area contributed by atoms with Gasteiger partial charge in [-0.3, -0.25) is 0 Å². The molecule has 0 spiro atoms. The zero-order chi connectivity index (χ0) is 15.2. The summed E-state index contributed by atoms with van der Waals surface area (Å²) in [7, 11) is 0. The number of aliphatic hydroxyl groups excluding tert-OH is 1. The van der Waals surface area contributed by atoms with Gasteiger partial charge >= 0.3 is 6.18 Å². The normalized spacial score (nSPS) is 14.9. The van der Waals surface area contributed by atoms with Crippen LogP contribution >= 0.6 is 0 Å². The Morgan fingerprint density at radius 3 is 2.35 bits per heavy atom. The molecule has 6 heteroatoms. The van der Waals surface area contributed by atoms with E-state index in [1.807, 2.05) is 19.1 Å². The number of alkyl halides is 3. The highest BCUT2D eigenvalue weighted by Crippen LogP contribution is 2.21. The molecule has 0 fully saturated rings. The molecule has 1 aromatic carbocycles. The van der Waals surface area contributed by atoms with Gasteiger partial charge < -0.3 is 15.2 Å². The number of hydrogen-bond donors (Lipinski definition) is 2. The molecule has 2 atom stereocenters. The number of nitrogens with one attached hydrogen (secondary N) is 1. The first-order valence-corrected chi connectivity index (χ1v) is 6.52. The molecule has 0 saturated carbocycles. The molecule has 20 heavy (non-hydrogen) atoms. The minimum Gasteiger partial charge on any atom is -0.491 e. The van der Waals surface area contributed by atoms with E-state index in [9.17, 15) is 13.2 Å². The fourth-order valence-electron chi connectivity index (χ4n) is 1.77. The van der Waals surface area contributed by atoms with Crippen molar-refractivity contribution in [3.8, 4) is 5.75 Å². The number of likely N-dealkylation sites (N-methyl/N-ethyl adjacent to an activating group) is 1. The molecule has 0 aromatic heterocycles. The second-order valence-corrected chi connectivity index (χ2v) is 4.68. The summed E-state index contributed by atoms with van der Waals surface area (Å²) in [6.07, 6.45) is -6.28. The van der Waals surface area contributed by atoms with Crippen LogP contribution in [0.2, 0.25) is 0 Å². The lowest BCUT2D eigenvalue weighted by Gasteiger charge is -2.16. The van der Waals surface area contributed by atoms with Crippen molar-refractivity contribution in [1.29, 1.82) is 0 Å². The summed E-state index contributed by atoms with van der Waals surface area (Å²) in [6, 6.07) is 7.17. The van der Waals surface area contributed by atoms with Crippen LogP contribution in [0.15, 0.2) is 24.3 Å². The smallest absolute Gasteiger partial charge is 0.417 e. The van der Waals surface area contributed by atoms with E-state index in [2.05, 4.69) is 12.2 Å². The van der Waals surface area contributed by atoms with Gasteiger partial charge in [-0.1, -0.05) is 19.1 Å². The molecule has 3 nitrogen and oxygen atoms in total. The molecule has 1 aromatic rings. The lowest BCUT2D eigenvalue weighted by molar-refractivity contribution is -0.210. The summed E-state index contributed by atoms with van der Waals surface area (Å²) in [4.78, 5) is 0. The quantitative estimate of drug-likeness (QED) is 0.811. The Morgan fingerprint density at radius 1 is 1.25 bits per heavy atom. The molecule has 0 radical (unpaired) electrons. The average Bonchev–Trinajstić information content (AvgIpc) is 2.36. The number of ether oxygens (including phenoxy) is 1. The average molecular weight is 291 g/mol. The number of aliphatic hydroxyl groups is 1. The molecule has 0 aliphatic rings. The molecule has 114 valence electrons. The third-order valence-electron chi connectivity index (χ3n) is 2.80. The topological polar surface area (TPSA) is 41.5 Å². The molecule has 0 aliphatic carbocycles. The van der Waals surface area contributed by atoms with Gasteiger partial charge in [-0.05, 0) is 37.6 Å². The van der Waals surface area contributed by atoms with Gasteiger partial charge in [-0.25, -0.2) is 0 Å². The number of hydrogen-bond acceptors (Lipinski definition) is 3. The van der Waals surface area contributed by atoms with Crippen molar-refractivity contribution >= 4 is 0 Å². The van der Waals surface area contributed by atoms with Crippen LogP contribution < -0.4 is 10.1 Å². The van der Waals surface area contributed by atoms with Crippen molar-refractivity contribution in [2.24, 2.45) is 0 Å². The maximum Gasteiger partial charge on any atom is 0.417 e. The minimum atomic E-state index is -4.65. The molecule has 0 heterocycles. The molecule has 0 saturated heterocycles. The SMILES string of the molecule is CCNC(C)Cc1ccc(OCC(O)C(F)(F)F)cc1. The minimum absolute atomic E-state index is 0.313. The third-order valence-corrected chi connectivity index (χ3v) is 2.80. The molecule has 1 rings (SSSR count). The zero-order valence-corrected chi connectivity index (χ0v) is 11.6. The van der Waals surface area contributed by atoms with Crippen LogP contribution in [0, 0.1) is 0 Å². The lowest BCUT2D eigenvalue weighted by Crippen LogP contribution is -2.34. The van der Waals surface area contributed by atoms with E-state index in [-0.39, 0.29) is 0 Å². The van der Waals surface area contributed by atoms with E-state index < -0.39 is 18.9 Å². The van der Waals surface area contributed by atoms with Gasteiger partial charge in [-0.2, -0.15) is 13.2 Å². The van der Waals surface area contributed by atoms with Crippen molar-refractivity contribution in [1.82, 2.24) is 5.32 Å². The summed E-state index contributed by atoms with van der Waals surface area (Å²) in [5, 5.41) is 12.1. The van der Waals surface area contributed by atoms with Crippen LogP contribution in [-0.2, 0) is 6.42 Å². The van der Waals surface area contributed by atoms with Crippen molar-refractivity contribution in [3.05, 3.63) is 29.8 Å². The third kappa shape index (κ3) is 5.79. The van der Waals surface area contributed by atoms with Crippen molar-refractivity contribution in [2.45, 2.75) is 38.6 Å². The van der Waals surface area contributed by atoms with Gasteiger partial charge in [0.25, 0.3) is 0 Å². The second-order valence-electron chi connectivity index (χ2n) is 4.68. The highest BCUT2D eigenvalue weighted by molar-refractivity contribution is 5.27. The monoisotopic (exact) mass is 291 g/mol. The predicted octanol–water partition coefficient (Wildman–Crippen LogP) is 2.53. The predicted molar refractivity (Wildman–Crippen MR) is 70.8 cm³/mol. The fourth-order valence-corrected chi connectivity index (χ4v) is 1.77. The highest BCUT2D eigenvalue weighted by atomic mass is 19.4. The van der Waals surface area contributed by atoms with Crippen LogP contribution in [0.4, 0.5) is 13.2 Å². The summed E-state index contributed by atoms with van der Waals surface area (Å²) < 4.78 is 41.2. The van der Waals surface area contributed by atoms with E-state index in [0.717, 1.165) is 18.5 Å². The number of benzene rings is 1. The first-order valence-electron chi connectivity index (χ1n) is 6.52. The van der Waals surface area contributed by atoms with Crippen molar-refractivity contribution < 1.29 is 23.0 Å². The first-order chi connectivity index (χ1) is 9.32. The Hall–Kier alpha value is -1.27. The van der Waals surface area contributed by atoms with Crippen LogP contribution in [0.3, 0.4) is 0 Å². The summed E-state index contributed by atoms with van der Waals surface area (Å²) in [5.74, 6) is 0.313. The Balaban J connectivity index is 2.46. The Morgan fingerprint density at radius 2 is 1.85 bits per heavy atom. The second kappa shape index (κ2) is 7.50. The van der Waals surface area contributed by atoms with Crippen LogP contribution in [-0.4, -0.2) is 36.6 Å². The molecular weight excluding hydrogens is 271 g/mol. The fraction of sp³-hybridized carbons (Fsp3) is 0.571. The van der Waals surface area contributed by atoms with E-state index >= 15 is 0 Å². The van der Waals surface area contributed by atoms with E-state index in [4.69, 9.17) is 9.84 Å². The molecule has 0 aliphatic heterocycles. The Labute approximate surface area is 116 Å². The zero-order valence-electron chi connectivity index (χ0n) is 11.6. The molecular formula is C14H20F3NO2. The molecule has 2 N–H and O–H groups in total. The number of rotatable bonds is 7. The lowest BCUT2D eigenvalue weighted by atomic mass is 10.1. The van der Waals surface area contributed by atoms with Gasteiger partial charge in [0.05, 0.1) is 0 Å². The van der Waals surface area contributed by atoms with Gasteiger partial charge in [0.15, 0.2) is 6.10 Å². The molecule has 2 unspecified atom stereocenters. The maximum atomic E-state index is 12.1. The van der Waals surface area contributed by atoms with Gasteiger partial charge in [0.2, 0.25) is 0 Å². The van der Waals surface area contributed by atoms with Crippen LogP contribution in [0.1, 0.15) is 19.4 Å². The number of halogens is 3. The van der Waals surface area contributed by atoms with E-state index in [0.29, 0.717) is 11.8 Å². The molecule has 0 amide bonds. The first kappa shape index (κ1) is 16.8. The summed E-state index contributed by atoms with van der Waals surface area (Å²) in [5.41, 5.74) is 1.07. The van der Waals surface area contributed by atoms with Crippen molar-refractivity contribution in [3.63, 3.8) is 0 Å². The van der Waals surface area contributed by atoms with Gasteiger partial charge in [-0.15, -0.1) is 0 Å². The van der Waals surface area contributed by atoms with E-state index in [1.165, 1.54) is 0 Å².